The van der Waals surface area contributed by atoms with Crippen molar-refractivity contribution in [3.05, 3.63) is 69.7 Å². The first kappa shape index (κ1) is 15.5. The van der Waals surface area contributed by atoms with Crippen LogP contribution in [0.15, 0.2) is 48.5 Å². The molecular weight excluding hydrogens is 317 g/mol. The van der Waals surface area contributed by atoms with Gasteiger partial charge in [-0.2, -0.15) is 0 Å². The average Bonchev–Trinajstić information content (AvgIpc) is 2.52. The molecule has 0 aliphatic carbocycles. The molecule has 0 unspecified atom stereocenters. The van der Waals surface area contributed by atoms with E-state index < -0.39 is 0 Å². The number of piperidine rings is 1. The van der Waals surface area contributed by atoms with Crippen LogP contribution in [-0.4, -0.2) is 5.78 Å². The van der Waals surface area contributed by atoms with Gasteiger partial charge in [-0.1, -0.05) is 54.4 Å². The normalized spacial score (nSPS) is 25.2. The maximum absolute atomic E-state index is 12.4. The topological polar surface area (TPSA) is 29.1 Å². The lowest BCUT2D eigenvalue weighted by atomic mass is 9.82. The number of carbonyl (C=O) groups excluding carboxylic acids is 1. The summed E-state index contributed by atoms with van der Waals surface area (Å²) < 4.78 is 0. The van der Waals surface area contributed by atoms with Crippen molar-refractivity contribution >= 4 is 29.0 Å². The molecule has 2 aromatic carbocycles. The van der Waals surface area contributed by atoms with Gasteiger partial charge in [-0.05, 0) is 35.4 Å². The van der Waals surface area contributed by atoms with E-state index in [4.69, 9.17) is 23.2 Å². The van der Waals surface area contributed by atoms with E-state index in [-0.39, 0.29) is 23.8 Å². The predicted molar refractivity (Wildman–Crippen MR) is 90.3 cm³/mol. The summed E-state index contributed by atoms with van der Waals surface area (Å²) in [7, 11) is 0. The van der Waals surface area contributed by atoms with Gasteiger partial charge >= 0.3 is 0 Å². The van der Waals surface area contributed by atoms with Crippen LogP contribution in [0.4, 0.5) is 0 Å². The van der Waals surface area contributed by atoms with Crippen molar-refractivity contribution in [2.45, 2.75) is 25.4 Å². The molecule has 0 bridgehead atoms. The quantitative estimate of drug-likeness (QED) is 0.840. The molecule has 22 heavy (non-hydrogen) atoms. The molecule has 4 heteroatoms. The molecule has 1 fully saturated rings. The molecule has 114 valence electrons. The van der Waals surface area contributed by atoms with Crippen LogP contribution in [0.25, 0.3) is 0 Å². The van der Waals surface area contributed by atoms with Crippen LogP contribution >= 0.6 is 23.2 Å². The molecule has 1 N–H and O–H groups in total. The Morgan fingerprint density at radius 2 is 1.41 bits per heavy atom. The summed E-state index contributed by atoms with van der Waals surface area (Å²) in [5.41, 5.74) is 2.17. The van der Waals surface area contributed by atoms with E-state index in [0.717, 1.165) is 11.1 Å². The maximum Gasteiger partial charge on any atom is 0.139 e. The third-order valence-electron chi connectivity index (χ3n) is 4.30. The monoisotopic (exact) mass is 333 g/mol. The van der Waals surface area contributed by atoms with Crippen LogP contribution in [0.5, 0.6) is 0 Å². The highest BCUT2D eigenvalue weighted by Crippen LogP contribution is 2.35. The summed E-state index contributed by atoms with van der Waals surface area (Å²) in [5.74, 6) is 0.225. The van der Waals surface area contributed by atoms with Gasteiger partial charge in [-0.15, -0.1) is 0 Å². The lowest BCUT2D eigenvalue weighted by Crippen LogP contribution is -2.41. The van der Waals surface area contributed by atoms with Crippen LogP contribution in [0.2, 0.25) is 10.0 Å². The smallest absolute Gasteiger partial charge is 0.139 e. The molecular formula is C18H17Cl2NO. The van der Waals surface area contributed by atoms with E-state index in [9.17, 15) is 4.79 Å². The third-order valence-corrected chi connectivity index (χ3v) is 4.80. The Bertz CT molecular complexity index is 666. The highest BCUT2D eigenvalue weighted by atomic mass is 35.5. The van der Waals surface area contributed by atoms with Crippen molar-refractivity contribution < 1.29 is 4.79 Å². The van der Waals surface area contributed by atoms with Crippen LogP contribution < -0.4 is 5.32 Å². The van der Waals surface area contributed by atoms with Crippen LogP contribution in [0.3, 0.4) is 0 Å². The Morgan fingerprint density at radius 3 is 1.95 bits per heavy atom. The van der Waals surface area contributed by atoms with Gasteiger partial charge in [-0.25, -0.2) is 0 Å². The largest absolute Gasteiger partial charge is 0.302 e. The summed E-state index contributed by atoms with van der Waals surface area (Å²) in [5, 5.41) is 5.00. The first-order valence-corrected chi connectivity index (χ1v) is 8.10. The fraction of sp³-hybridized carbons (Fsp3) is 0.278. The first-order chi connectivity index (χ1) is 10.5. The molecule has 3 rings (SSSR count). The van der Waals surface area contributed by atoms with E-state index in [2.05, 4.69) is 5.32 Å². The van der Waals surface area contributed by atoms with Gasteiger partial charge in [0.05, 0.1) is 0 Å². The molecule has 0 amide bonds. The molecule has 1 aliphatic heterocycles. The molecule has 1 aliphatic rings. The summed E-state index contributed by atoms with van der Waals surface area (Å²) in [6.07, 6.45) is 0.507. The van der Waals surface area contributed by atoms with E-state index in [0.29, 0.717) is 16.5 Å². The predicted octanol–water partition coefficient (Wildman–Crippen LogP) is 4.97. The van der Waals surface area contributed by atoms with Crippen molar-refractivity contribution in [1.29, 1.82) is 0 Å². The minimum atomic E-state index is -0.0512. The minimum absolute atomic E-state index is 0.000746. The van der Waals surface area contributed by atoms with Crippen LogP contribution in [0.1, 0.15) is 36.6 Å². The fourth-order valence-corrected chi connectivity index (χ4v) is 3.21. The zero-order valence-electron chi connectivity index (χ0n) is 12.2. The minimum Gasteiger partial charge on any atom is -0.302 e. The number of halogens is 2. The fourth-order valence-electron chi connectivity index (χ4n) is 2.96. The van der Waals surface area contributed by atoms with Gasteiger partial charge in [0.15, 0.2) is 0 Å². The van der Waals surface area contributed by atoms with Crippen LogP contribution in [-0.2, 0) is 4.79 Å². The molecule has 0 saturated carbocycles. The highest BCUT2D eigenvalue weighted by Gasteiger charge is 2.34. The Kier molecular flexibility index (Phi) is 4.53. The number of hydrogen-bond donors (Lipinski definition) is 1. The summed E-state index contributed by atoms with van der Waals surface area (Å²) in [6.45, 7) is 1.98. The number of carbonyl (C=O) groups is 1. The van der Waals surface area contributed by atoms with Gasteiger partial charge in [0.25, 0.3) is 0 Å². The number of benzene rings is 2. The molecule has 0 aromatic heterocycles. The maximum atomic E-state index is 12.4. The Labute approximate surface area is 140 Å². The van der Waals surface area contributed by atoms with Gasteiger partial charge in [0.1, 0.15) is 5.78 Å². The van der Waals surface area contributed by atoms with E-state index >= 15 is 0 Å². The molecule has 3 atom stereocenters. The molecule has 1 saturated heterocycles. The highest BCUT2D eigenvalue weighted by molar-refractivity contribution is 6.30. The van der Waals surface area contributed by atoms with Crippen molar-refractivity contribution in [2.75, 3.05) is 0 Å². The van der Waals surface area contributed by atoms with Crippen LogP contribution in [0, 0.1) is 5.92 Å². The lowest BCUT2D eigenvalue weighted by Gasteiger charge is -2.35. The van der Waals surface area contributed by atoms with Crippen molar-refractivity contribution in [2.24, 2.45) is 5.92 Å². The van der Waals surface area contributed by atoms with E-state index in [1.165, 1.54) is 0 Å². The molecule has 0 radical (unpaired) electrons. The second-order valence-corrected chi connectivity index (χ2v) is 6.63. The van der Waals surface area contributed by atoms with Crippen molar-refractivity contribution in [1.82, 2.24) is 5.32 Å². The molecule has 0 spiro atoms. The van der Waals surface area contributed by atoms with E-state index in [1.807, 2.05) is 55.5 Å². The molecule has 2 nitrogen and oxygen atoms in total. The molecule has 2 aromatic rings. The van der Waals surface area contributed by atoms with Gasteiger partial charge in [0, 0.05) is 34.5 Å². The zero-order valence-corrected chi connectivity index (χ0v) is 13.7. The summed E-state index contributed by atoms with van der Waals surface area (Å²) in [4.78, 5) is 12.4. The Balaban J connectivity index is 1.88. The average molecular weight is 334 g/mol. The van der Waals surface area contributed by atoms with E-state index in [1.54, 1.807) is 0 Å². The zero-order chi connectivity index (χ0) is 15.7. The van der Waals surface area contributed by atoms with Gasteiger partial charge < -0.3 is 5.32 Å². The number of hydrogen-bond acceptors (Lipinski definition) is 2. The van der Waals surface area contributed by atoms with Crippen molar-refractivity contribution in [3.8, 4) is 0 Å². The van der Waals surface area contributed by atoms with Gasteiger partial charge in [0.2, 0.25) is 0 Å². The second kappa shape index (κ2) is 6.41. The number of rotatable bonds is 2. The SMILES string of the molecule is C[C@@H]1C(=O)C[C@H](c2ccc(Cl)cc2)N[C@@H]1c1ccc(Cl)cc1. The second-order valence-electron chi connectivity index (χ2n) is 5.76. The summed E-state index contributed by atoms with van der Waals surface area (Å²) in [6, 6.07) is 15.4. The number of Topliss-reactive ketones (excluding diaryl/α,β-unsaturated/α-hetero) is 1. The molecule has 1 heterocycles. The number of nitrogens with one attached hydrogen (secondary N) is 1. The standard InChI is InChI=1S/C18H17Cl2NO/c1-11-17(22)10-16(12-2-6-14(19)7-3-12)21-18(11)13-4-8-15(20)9-5-13/h2-9,11,16,18,21H,10H2,1H3/t11-,16-,18+/m1/s1. The first-order valence-electron chi connectivity index (χ1n) is 7.34. The Morgan fingerprint density at radius 1 is 0.909 bits per heavy atom. The number of ketones is 1. The lowest BCUT2D eigenvalue weighted by molar-refractivity contribution is -0.126. The van der Waals surface area contributed by atoms with Crippen molar-refractivity contribution in [3.63, 3.8) is 0 Å². The third kappa shape index (κ3) is 3.19. The van der Waals surface area contributed by atoms with Gasteiger partial charge in [-0.3, -0.25) is 4.79 Å². The Hall–Kier alpha value is -1.35. The summed E-state index contributed by atoms with van der Waals surface area (Å²) >= 11 is 11.9.